The number of ether oxygens (including phenoxy) is 2. The second-order valence-corrected chi connectivity index (χ2v) is 6.29. The first-order valence-corrected chi connectivity index (χ1v) is 8.29. The third kappa shape index (κ3) is 4.69. The topological polar surface area (TPSA) is 47.6 Å². The minimum Gasteiger partial charge on any atom is -0.493 e. The molecule has 0 aromatic heterocycles. The maximum absolute atomic E-state index is 13.3. The van der Waals surface area contributed by atoms with Crippen LogP contribution in [-0.4, -0.2) is 20.1 Å². The molecule has 0 fully saturated rings. The molecule has 7 heteroatoms. The molecule has 0 spiro atoms. The van der Waals surface area contributed by atoms with Crippen LogP contribution in [0.4, 0.5) is 8.78 Å². The summed E-state index contributed by atoms with van der Waals surface area (Å²) >= 11 is 3.40. The van der Waals surface area contributed by atoms with Crippen molar-refractivity contribution >= 4 is 21.8 Å². The Hall–Kier alpha value is -2.15. The summed E-state index contributed by atoms with van der Waals surface area (Å²) in [7, 11) is 3.04. The summed E-state index contributed by atoms with van der Waals surface area (Å²) in [6.45, 7) is 1.70. The molecule has 0 aliphatic rings. The lowest BCUT2D eigenvalue weighted by Crippen LogP contribution is -2.28. The number of benzene rings is 2. The number of carbonyl (C=O) groups excluding carboxylic acids is 1. The minimum atomic E-state index is -0.943. The van der Waals surface area contributed by atoms with Gasteiger partial charge in [0.1, 0.15) is 0 Å². The average molecular weight is 414 g/mol. The Morgan fingerprint density at radius 3 is 2.36 bits per heavy atom. The number of halogens is 3. The number of hydrogen-bond donors (Lipinski definition) is 1. The highest BCUT2D eigenvalue weighted by atomic mass is 79.9. The van der Waals surface area contributed by atoms with Crippen LogP contribution in [0.15, 0.2) is 34.8 Å². The standard InChI is InChI=1S/C18H18BrF2NO3/c1-10(11-4-5-14(20)15(21)6-11)22-18(23)8-12-7-16(24-2)17(25-3)9-13(12)19/h4-7,9-10H,8H2,1-3H3,(H,22,23)/t10-/m0/s1. The van der Waals surface area contributed by atoms with Crippen LogP contribution < -0.4 is 14.8 Å². The molecule has 0 saturated carbocycles. The fourth-order valence-corrected chi connectivity index (χ4v) is 2.82. The van der Waals surface area contributed by atoms with Crippen LogP contribution in [0.5, 0.6) is 11.5 Å². The molecular weight excluding hydrogens is 396 g/mol. The monoisotopic (exact) mass is 413 g/mol. The maximum atomic E-state index is 13.3. The second kappa shape index (κ2) is 8.29. The van der Waals surface area contributed by atoms with Crippen LogP contribution in [0.25, 0.3) is 0 Å². The molecule has 0 saturated heterocycles. The highest BCUT2D eigenvalue weighted by Crippen LogP contribution is 2.33. The Bertz CT molecular complexity index is 783. The number of methoxy groups -OCH3 is 2. The summed E-state index contributed by atoms with van der Waals surface area (Å²) in [6.07, 6.45) is 0.0922. The van der Waals surface area contributed by atoms with Crippen LogP contribution in [0.1, 0.15) is 24.1 Å². The van der Waals surface area contributed by atoms with Crippen molar-refractivity contribution < 1.29 is 23.0 Å². The Morgan fingerprint density at radius 2 is 1.76 bits per heavy atom. The SMILES string of the molecule is COc1cc(Br)c(CC(=O)N[C@@H](C)c2ccc(F)c(F)c2)cc1OC. The molecule has 0 radical (unpaired) electrons. The third-order valence-electron chi connectivity index (χ3n) is 3.72. The van der Waals surface area contributed by atoms with E-state index in [1.54, 1.807) is 19.1 Å². The van der Waals surface area contributed by atoms with Crippen LogP contribution in [-0.2, 0) is 11.2 Å². The van der Waals surface area contributed by atoms with E-state index in [-0.39, 0.29) is 12.3 Å². The lowest BCUT2D eigenvalue weighted by molar-refractivity contribution is -0.121. The van der Waals surface area contributed by atoms with Gasteiger partial charge in [-0.2, -0.15) is 0 Å². The summed E-state index contributed by atoms with van der Waals surface area (Å²) < 4.78 is 37.5. The molecule has 0 aliphatic carbocycles. The molecular formula is C18H18BrF2NO3. The van der Waals surface area contributed by atoms with E-state index in [9.17, 15) is 13.6 Å². The zero-order chi connectivity index (χ0) is 18.6. The van der Waals surface area contributed by atoms with Crippen molar-refractivity contribution in [1.29, 1.82) is 0 Å². The van der Waals surface area contributed by atoms with Gasteiger partial charge in [0.15, 0.2) is 23.1 Å². The van der Waals surface area contributed by atoms with E-state index in [0.29, 0.717) is 27.1 Å². The average Bonchev–Trinajstić information content (AvgIpc) is 2.58. The van der Waals surface area contributed by atoms with Crippen molar-refractivity contribution in [3.05, 3.63) is 57.6 Å². The smallest absolute Gasteiger partial charge is 0.224 e. The minimum absolute atomic E-state index is 0.0922. The van der Waals surface area contributed by atoms with E-state index in [2.05, 4.69) is 21.2 Å². The predicted molar refractivity (Wildman–Crippen MR) is 93.9 cm³/mol. The first kappa shape index (κ1) is 19.2. The molecule has 0 aliphatic heterocycles. The Kier molecular flexibility index (Phi) is 6.36. The highest BCUT2D eigenvalue weighted by molar-refractivity contribution is 9.10. The zero-order valence-corrected chi connectivity index (χ0v) is 15.6. The lowest BCUT2D eigenvalue weighted by Gasteiger charge is -2.16. The molecule has 4 nitrogen and oxygen atoms in total. The molecule has 0 bridgehead atoms. The number of hydrogen-bond acceptors (Lipinski definition) is 3. The van der Waals surface area contributed by atoms with Crippen molar-refractivity contribution in [1.82, 2.24) is 5.32 Å². The van der Waals surface area contributed by atoms with Gasteiger partial charge in [-0.25, -0.2) is 8.78 Å². The highest BCUT2D eigenvalue weighted by Gasteiger charge is 2.16. The molecule has 1 N–H and O–H groups in total. The van der Waals surface area contributed by atoms with Gasteiger partial charge in [-0.05, 0) is 42.3 Å². The molecule has 0 heterocycles. The Labute approximate surface area is 153 Å². The maximum Gasteiger partial charge on any atom is 0.224 e. The predicted octanol–water partition coefficient (Wildman–Crippen LogP) is 4.16. The molecule has 0 unspecified atom stereocenters. The molecule has 2 aromatic rings. The normalized spacial score (nSPS) is 11.8. The number of carbonyl (C=O) groups is 1. The summed E-state index contributed by atoms with van der Waals surface area (Å²) in [5.74, 6) is -1.06. The van der Waals surface area contributed by atoms with E-state index in [0.717, 1.165) is 12.1 Å². The van der Waals surface area contributed by atoms with Gasteiger partial charge >= 0.3 is 0 Å². The molecule has 1 amide bonds. The van der Waals surface area contributed by atoms with Crippen molar-refractivity contribution in [3.8, 4) is 11.5 Å². The van der Waals surface area contributed by atoms with Crippen molar-refractivity contribution in [2.45, 2.75) is 19.4 Å². The van der Waals surface area contributed by atoms with E-state index in [4.69, 9.17) is 9.47 Å². The zero-order valence-electron chi connectivity index (χ0n) is 14.0. The van der Waals surface area contributed by atoms with Crippen LogP contribution in [0.3, 0.4) is 0 Å². The van der Waals surface area contributed by atoms with Gasteiger partial charge in [-0.1, -0.05) is 22.0 Å². The van der Waals surface area contributed by atoms with Gasteiger partial charge in [0.2, 0.25) is 5.91 Å². The van der Waals surface area contributed by atoms with Gasteiger partial charge < -0.3 is 14.8 Å². The lowest BCUT2D eigenvalue weighted by atomic mass is 10.1. The fourth-order valence-electron chi connectivity index (χ4n) is 2.36. The quantitative estimate of drug-likeness (QED) is 0.772. The van der Waals surface area contributed by atoms with E-state index in [1.807, 2.05) is 0 Å². The van der Waals surface area contributed by atoms with Crippen LogP contribution in [0, 0.1) is 11.6 Å². The molecule has 2 rings (SSSR count). The number of amides is 1. The largest absolute Gasteiger partial charge is 0.493 e. The molecule has 134 valence electrons. The second-order valence-electron chi connectivity index (χ2n) is 5.44. The van der Waals surface area contributed by atoms with E-state index >= 15 is 0 Å². The van der Waals surface area contributed by atoms with Crippen LogP contribution >= 0.6 is 15.9 Å². The number of rotatable bonds is 6. The Balaban J connectivity index is 2.10. The Morgan fingerprint density at radius 1 is 1.12 bits per heavy atom. The van der Waals surface area contributed by atoms with Gasteiger partial charge in [-0.3, -0.25) is 4.79 Å². The van der Waals surface area contributed by atoms with Crippen molar-refractivity contribution in [2.75, 3.05) is 14.2 Å². The number of nitrogens with one attached hydrogen (secondary N) is 1. The first-order valence-electron chi connectivity index (χ1n) is 7.50. The van der Waals surface area contributed by atoms with E-state index < -0.39 is 17.7 Å². The van der Waals surface area contributed by atoms with Gasteiger partial charge in [0.25, 0.3) is 0 Å². The molecule has 25 heavy (non-hydrogen) atoms. The summed E-state index contributed by atoms with van der Waals surface area (Å²) in [4.78, 5) is 12.3. The summed E-state index contributed by atoms with van der Waals surface area (Å²) in [5.41, 5.74) is 1.20. The van der Waals surface area contributed by atoms with Crippen LogP contribution in [0.2, 0.25) is 0 Å². The fraction of sp³-hybridized carbons (Fsp3) is 0.278. The van der Waals surface area contributed by atoms with Gasteiger partial charge in [0, 0.05) is 4.47 Å². The molecule has 1 atom stereocenters. The third-order valence-corrected chi connectivity index (χ3v) is 4.46. The van der Waals surface area contributed by atoms with E-state index in [1.165, 1.54) is 20.3 Å². The van der Waals surface area contributed by atoms with Gasteiger partial charge in [-0.15, -0.1) is 0 Å². The summed E-state index contributed by atoms with van der Waals surface area (Å²) in [6, 6.07) is 6.53. The molecule has 2 aromatic carbocycles. The summed E-state index contributed by atoms with van der Waals surface area (Å²) in [5, 5.41) is 2.76. The van der Waals surface area contributed by atoms with Gasteiger partial charge in [0.05, 0.1) is 26.7 Å². The van der Waals surface area contributed by atoms with Crippen molar-refractivity contribution in [3.63, 3.8) is 0 Å². The first-order chi connectivity index (χ1) is 11.8. The van der Waals surface area contributed by atoms with Crippen molar-refractivity contribution in [2.24, 2.45) is 0 Å².